The molecule has 0 atom stereocenters. The number of hydrogen-bond acceptors (Lipinski definition) is 4. The molecule has 0 bridgehead atoms. The minimum absolute atomic E-state index is 0.172. The number of oxazole rings is 1. The van der Waals surface area contributed by atoms with Gasteiger partial charge in [-0.05, 0) is 37.1 Å². The van der Waals surface area contributed by atoms with Gasteiger partial charge in [0.1, 0.15) is 6.26 Å². The smallest absolute Gasteiger partial charge is 0.275 e. The summed E-state index contributed by atoms with van der Waals surface area (Å²) in [5, 5.41) is 1.07. The van der Waals surface area contributed by atoms with Crippen LogP contribution >= 0.6 is 23.2 Å². The molecule has 5 nitrogen and oxygen atoms in total. The van der Waals surface area contributed by atoms with Crippen LogP contribution in [0.25, 0.3) is 0 Å². The van der Waals surface area contributed by atoms with Gasteiger partial charge in [-0.15, -0.1) is 0 Å². The van der Waals surface area contributed by atoms with Crippen LogP contribution < -0.4 is 0 Å². The highest BCUT2D eigenvalue weighted by atomic mass is 35.5. The zero-order valence-electron chi connectivity index (χ0n) is 17.3. The van der Waals surface area contributed by atoms with Crippen LogP contribution in [0.2, 0.25) is 10.0 Å². The maximum absolute atomic E-state index is 12.7. The van der Waals surface area contributed by atoms with Crippen LogP contribution in [0, 0.1) is 0 Å². The molecule has 0 spiro atoms. The quantitative estimate of drug-likeness (QED) is 0.448. The molecule has 0 aliphatic heterocycles. The maximum atomic E-state index is 12.7. The van der Waals surface area contributed by atoms with Gasteiger partial charge in [-0.1, -0.05) is 59.6 Å². The van der Waals surface area contributed by atoms with Crippen molar-refractivity contribution >= 4 is 29.1 Å². The number of hydrogen-bond donors (Lipinski definition) is 0. The SMILES string of the molecule is CC(C)N(Cc1ccc(Cl)c(Cl)c1)Cc1nc(C(=O)N(C)Cc2ccccc2)co1. The molecule has 0 saturated heterocycles. The third kappa shape index (κ3) is 5.85. The molecule has 0 radical (unpaired) electrons. The lowest BCUT2D eigenvalue weighted by atomic mass is 10.2. The first kappa shape index (κ1) is 22.3. The predicted molar refractivity (Wildman–Crippen MR) is 120 cm³/mol. The van der Waals surface area contributed by atoms with Crippen molar-refractivity contribution in [3.05, 3.63) is 87.6 Å². The third-order valence-corrected chi connectivity index (χ3v) is 5.56. The summed E-state index contributed by atoms with van der Waals surface area (Å²) < 4.78 is 5.60. The minimum Gasteiger partial charge on any atom is -0.447 e. The van der Waals surface area contributed by atoms with Gasteiger partial charge in [0.05, 0.1) is 16.6 Å². The summed E-state index contributed by atoms with van der Waals surface area (Å²) >= 11 is 12.2. The Hall–Kier alpha value is -2.34. The fraction of sp³-hybridized carbons (Fsp3) is 0.304. The van der Waals surface area contributed by atoms with E-state index in [1.54, 1.807) is 18.0 Å². The van der Waals surface area contributed by atoms with E-state index in [1.807, 2.05) is 42.5 Å². The van der Waals surface area contributed by atoms with Crippen molar-refractivity contribution in [3.63, 3.8) is 0 Å². The van der Waals surface area contributed by atoms with E-state index < -0.39 is 0 Å². The standard InChI is InChI=1S/C23H25Cl2N3O2/c1-16(2)28(13-18-9-10-19(24)20(25)11-18)14-22-26-21(15-30-22)23(29)27(3)12-17-7-5-4-6-8-17/h4-11,15-16H,12-14H2,1-3H3. The van der Waals surface area contributed by atoms with Crippen LogP contribution in [0.15, 0.2) is 59.2 Å². The van der Waals surface area contributed by atoms with Crippen LogP contribution in [0.5, 0.6) is 0 Å². The number of carbonyl (C=O) groups is 1. The Morgan fingerprint density at radius 2 is 1.73 bits per heavy atom. The van der Waals surface area contributed by atoms with E-state index in [-0.39, 0.29) is 11.9 Å². The lowest BCUT2D eigenvalue weighted by molar-refractivity contribution is 0.0779. The maximum Gasteiger partial charge on any atom is 0.275 e. The average Bonchev–Trinajstić information content (AvgIpc) is 3.19. The van der Waals surface area contributed by atoms with Gasteiger partial charge >= 0.3 is 0 Å². The summed E-state index contributed by atoms with van der Waals surface area (Å²) in [5.41, 5.74) is 2.41. The van der Waals surface area contributed by atoms with Gasteiger partial charge < -0.3 is 9.32 Å². The van der Waals surface area contributed by atoms with Crippen molar-refractivity contribution in [1.29, 1.82) is 0 Å². The van der Waals surface area contributed by atoms with Crippen molar-refractivity contribution in [2.24, 2.45) is 0 Å². The topological polar surface area (TPSA) is 49.6 Å². The molecule has 2 aromatic carbocycles. The lowest BCUT2D eigenvalue weighted by Gasteiger charge is -2.25. The van der Waals surface area contributed by atoms with Crippen molar-refractivity contribution < 1.29 is 9.21 Å². The monoisotopic (exact) mass is 445 g/mol. The highest BCUT2D eigenvalue weighted by molar-refractivity contribution is 6.42. The molecule has 0 unspecified atom stereocenters. The number of amides is 1. The van der Waals surface area contributed by atoms with E-state index in [9.17, 15) is 4.79 Å². The fourth-order valence-electron chi connectivity index (χ4n) is 3.07. The number of halogens is 2. The van der Waals surface area contributed by atoms with Crippen LogP contribution in [0.4, 0.5) is 0 Å². The first-order chi connectivity index (χ1) is 14.3. The number of benzene rings is 2. The summed E-state index contributed by atoms with van der Waals surface area (Å²) in [7, 11) is 1.76. The molecule has 1 amide bonds. The van der Waals surface area contributed by atoms with Gasteiger partial charge in [-0.2, -0.15) is 0 Å². The van der Waals surface area contributed by atoms with Crippen molar-refractivity contribution in [1.82, 2.24) is 14.8 Å². The molecule has 0 saturated carbocycles. The van der Waals surface area contributed by atoms with Gasteiger partial charge in [0.2, 0.25) is 5.89 Å². The van der Waals surface area contributed by atoms with E-state index in [1.165, 1.54) is 6.26 Å². The zero-order valence-corrected chi connectivity index (χ0v) is 18.8. The minimum atomic E-state index is -0.172. The molecular weight excluding hydrogens is 421 g/mol. The Morgan fingerprint density at radius 1 is 1.00 bits per heavy atom. The highest BCUT2D eigenvalue weighted by Crippen LogP contribution is 2.24. The molecule has 3 rings (SSSR count). The molecule has 1 aromatic heterocycles. The third-order valence-electron chi connectivity index (χ3n) is 4.82. The molecule has 0 fully saturated rings. The van der Waals surface area contributed by atoms with Gasteiger partial charge in [0.15, 0.2) is 5.69 Å². The van der Waals surface area contributed by atoms with E-state index in [0.717, 1.165) is 11.1 Å². The van der Waals surface area contributed by atoms with Crippen molar-refractivity contribution in [2.75, 3.05) is 7.05 Å². The second-order valence-electron chi connectivity index (χ2n) is 7.52. The first-order valence-corrected chi connectivity index (χ1v) is 10.5. The molecule has 3 aromatic rings. The Kier molecular flexibility index (Phi) is 7.53. The molecule has 0 aliphatic rings. The zero-order chi connectivity index (χ0) is 21.7. The number of rotatable bonds is 8. The summed E-state index contributed by atoms with van der Waals surface area (Å²) in [6.07, 6.45) is 1.43. The molecular formula is C23H25Cl2N3O2. The Morgan fingerprint density at radius 3 is 2.40 bits per heavy atom. The van der Waals surface area contributed by atoms with Crippen molar-refractivity contribution in [2.45, 2.75) is 39.5 Å². The van der Waals surface area contributed by atoms with Crippen LogP contribution in [0.3, 0.4) is 0 Å². The average molecular weight is 446 g/mol. The van der Waals surface area contributed by atoms with Crippen LogP contribution in [-0.4, -0.2) is 33.8 Å². The normalized spacial score (nSPS) is 11.3. The number of nitrogens with zero attached hydrogens (tertiary/aromatic N) is 3. The molecule has 158 valence electrons. The van der Waals surface area contributed by atoms with Gasteiger partial charge in [0.25, 0.3) is 5.91 Å². The Bertz CT molecular complexity index is 989. The van der Waals surface area contributed by atoms with E-state index in [0.29, 0.717) is 41.3 Å². The van der Waals surface area contributed by atoms with Crippen LogP contribution in [-0.2, 0) is 19.6 Å². The van der Waals surface area contributed by atoms with E-state index in [2.05, 4.69) is 23.7 Å². The van der Waals surface area contributed by atoms with Gasteiger partial charge in [-0.25, -0.2) is 4.98 Å². The molecule has 7 heteroatoms. The first-order valence-electron chi connectivity index (χ1n) is 9.75. The van der Waals surface area contributed by atoms with Crippen molar-refractivity contribution in [3.8, 4) is 0 Å². The number of aromatic nitrogens is 1. The predicted octanol–water partition coefficient (Wildman–Crippen LogP) is 5.66. The van der Waals surface area contributed by atoms with E-state index in [4.69, 9.17) is 27.6 Å². The Balaban J connectivity index is 1.66. The molecule has 1 heterocycles. The Labute approximate surface area is 187 Å². The summed E-state index contributed by atoms with van der Waals surface area (Å²) in [4.78, 5) is 20.9. The summed E-state index contributed by atoms with van der Waals surface area (Å²) in [6.45, 7) is 5.85. The largest absolute Gasteiger partial charge is 0.447 e. The number of carbonyl (C=O) groups excluding carboxylic acids is 1. The lowest BCUT2D eigenvalue weighted by Crippen LogP contribution is -2.30. The second-order valence-corrected chi connectivity index (χ2v) is 8.33. The molecule has 0 aliphatic carbocycles. The highest BCUT2D eigenvalue weighted by Gasteiger charge is 2.19. The second kappa shape index (κ2) is 10.1. The summed E-state index contributed by atoms with van der Waals surface area (Å²) in [5.74, 6) is 0.328. The molecule has 0 N–H and O–H groups in total. The van der Waals surface area contributed by atoms with Gasteiger partial charge in [-0.3, -0.25) is 9.69 Å². The van der Waals surface area contributed by atoms with Crippen LogP contribution in [0.1, 0.15) is 41.4 Å². The molecule has 30 heavy (non-hydrogen) atoms. The van der Waals surface area contributed by atoms with Gasteiger partial charge in [0, 0.05) is 26.2 Å². The fourth-order valence-corrected chi connectivity index (χ4v) is 3.39. The van der Waals surface area contributed by atoms with E-state index >= 15 is 0 Å². The summed E-state index contributed by atoms with van der Waals surface area (Å²) in [6, 6.07) is 15.7.